The van der Waals surface area contributed by atoms with Crippen LogP contribution in [0.25, 0.3) is 10.4 Å². The maximum absolute atomic E-state index is 8.98. The fourth-order valence-electron chi connectivity index (χ4n) is 1.88. The molecule has 0 unspecified atom stereocenters. The van der Waals surface area contributed by atoms with Crippen molar-refractivity contribution in [1.29, 1.82) is 10.5 Å². The van der Waals surface area contributed by atoms with E-state index < -0.39 is 0 Å². The first-order valence-electron chi connectivity index (χ1n) is 5.50. The number of anilines is 2. The lowest BCUT2D eigenvalue weighted by Crippen LogP contribution is -2.25. The van der Waals surface area contributed by atoms with Crippen LogP contribution >= 0.6 is 0 Å². The molecule has 0 bridgehead atoms. The van der Waals surface area contributed by atoms with Gasteiger partial charge in [-0.25, -0.2) is 0 Å². The van der Waals surface area contributed by atoms with Gasteiger partial charge in [0.05, 0.1) is 11.4 Å². The van der Waals surface area contributed by atoms with Gasteiger partial charge in [0.15, 0.2) is 5.57 Å². The van der Waals surface area contributed by atoms with E-state index in [4.69, 9.17) is 16.1 Å². The number of nitriles is 2. The molecule has 19 heavy (non-hydrogen) atoms. The van der Waals surface area contributed by atoms with E-state index in [-0.39, 0.29) is 12.1 Å². The summed E-state index contributed by atoms with van der Waals surface area (Å²) in [6.45, 7) is 0.649. The van der Waals surface area contributed by atoms with Crippen LogP contribution in [0.5, 0.6) is 0 Å². The number of rotatable bonds is 3. The zero-order chi connectivity index (χ0) is 13.7. The standard InChI is InChI=1S/C12H9N7/c13-7-9(8-14)12-17-10-3-1-2-4-11(10)19(12)6-5-16-18-15/h1-4,17H,5-6H2. The van der Waals surface area contributed by atoms with Crippen molar-refractivity contribution in [2.75, 3.05) is 23.3 Å². The fraction of sp³-hybridized carbons (Fsp3) is 0.167. The second-order valence-corrected chi connectivity index (χ2v) is 3.70. The number of hydrogen-bond donors (Lipinski definition) is 1. The molecule has 2 rings (SSSR count). The molecule has 0 saturated heterocycles. The molecule has 0 fully saturated rings. The number of fused-ring (bicyclic) bond motifs is 1. The van der Waals surface area contributed by atoms with Gasteiger partial charge in [0.2, 0.25) is 0 Å². The highest BCUT2D eigenvalue weighted by Gasteiger charge is 2.25. The van der Waals surface area contributed by atoms with E-state index in [0.29, 0.717) is 12.4 Å². The third-order valence-corrected chi connectivity index (χ3v) is 2.67. The minimum Gasteiger partial charge on any atom is -0.338 e. The highest BCUT2D eigenvalue weighted by atomic mass is 15.3. The van der Waals surface area contributed by atoms with Crippen LogP contribution in [0.3, 0.4) is 0 Å². The molecule has 0 spiro atoms. The van der Waals surface area contributed by atoms with Gasteiger partial charge in [0, 0.05) is 18.0 Å². The van der Waals surface area contributed by atoms with Crippen molar-refractivity contribution in [2.45, 2.75) is 0 Å². The van der Waals surface area contributed by atoms with Gasteiger partial charge in [0.1, 0.15) is 18.0 Å². The number of para-hydroxylation sites is 2. The Bertz CT molecular complexity index is 639. The summed E-state index contributed by atoms with van der Waals surface area (Å²) in [5, 5.41) is 24.5. The van der Waals surface area contributed by atoms with Crippen LogP contribution in [0.15, 0.2) is 40.8 Å². The van der Waals surface area contributed by atoms with Crippen molar-refractivity contribution in [2.24, 2.45) is 5.11 Å². The summed E-state index contributed by atoms with van der Waals surface area (Å²) < 4.78 is 0. The van der Waals surface area contributed by atoms with Crippen LogP contribution in [0.1, 0.15) is 0 Å². The van der Waals surface area contributed by atoms with Gasteiger partial charge >= 0.3 is 0 Å². The molecule has 7 nitrogen and oxygen atoms in total. The molecular weight excluding hydrogens is 242 g/mol. The highest BCUT2D eigenvalue weighted by Crippen LogP contribution is 2.36. The summed E-state index contributed by atoms with van der Waals surface area (Å²) in [4.78, 5) is 4.46. The molecule has 92 valence electrons. The van der Waals surface area contributed by atoms with Gasteiger partial charge in [-0.15, -0.1) is 0 Å². The first-order valence-corrected chi connectivity index (χ1v) is 5.50. The number of hydrogen-bond acceptors (Lipinski definition) is 5. The molecule has 0 aliphatic carbocycles. The summed E-state index contributed by atoms with van der Waals surface area (Å²) in [6.07, 6.45) is 0. The van der Waals surface area contributed by atoms with Gasteiger partial charge in [-0.3, -0.25) is 0 Å². The van der Waals surface area contributed by atoms with Gasteiger partial charge < -0.3 is 10.2 Å². The fourth-order valence-corrected chi connectivity index (χ4v) is 1.88. The van der Waals surface area contributed by atoms with E-state index in [0.717, 1.165) is 11.4 Å². The van der Waals surface area contributed by atoms with Crippen LogP contribution in [0.4, 0.5) is 11.4 Å². The second kappa shape index (κ2) is 5.46. The molecule has 1 aliphatic heterocycles. The lowest BCUT2D eigenvalue weighted by atomic mass is 10.2. The number of nitrogens with one attached hydrogen (secondary N) is 1. The predicted molar refractivity (Wildman–Crippen MR) is 69.7 cm³/mol. The van der Waals surface area contributed by atoms with Crippen molar-refractivity contribution in [3.05, 3.63) is 46.1 Å². The normalized spacial score (nSPS) is 11.7. The molecule has 1 aromatic rings. The van der Waals surface area contributed by atoms with Crippen molar-refractivity contribution in [3.8, 4) is 12.1 Å². The average Bonchev–Trinajstić information content (AvgIpc) is 2.80. The van der Waals surface area contributed by atoms with Crippen molar-refractivity contribution in [3.63, 3.8) is 0 Å². The topological polar surface area (TPSA) is 112 Å². The van der Waals surface area contributed by atoms with E-state index in [1.54, 1.807) is 4.90 Å². The zero-order valence-corrected chi connectivity index (χ0v) is 9.91. The molecule has 7 heteroatoms. The Morgan fingerprint density at radius 2 is 2.11 bits per heavy atom. The van der Waals surface area contributed by atoms with Crippen LogP contribution in [0.2, 0.25) is 0 Å². The van der Waals surface area contributed by atoms with E-state index in [1.807, 2.05) is 36.4 Å². The Kier molecular flexibility index (Phi) is 3.53. The van der Waals surface area contributed by atoms with E-state index in [1.165, 1.54) is 0 Å². The molecule has 0 radical (unpaired) electrons. The maximum Gasteiger partial charge on any atom is 0.170 e. The molecular formula is C12H9N7. The minimum atomic E-state index is -0.00265. The van der Waals surface area contributed by atoms with E-state index in [2.05, 4.69) is 15.3 Å². The Hall–Kier alpha value is -3.15. The number of azide groups is 1. The smallest absolute Gasteiger partial charge is 0.170 e. The lowest BCUT2D eigenvalue weighted by molar-refractivity contribution is 0.892. The third kappa shape index (κ3) is 2.27. The van der Waals surface area contributed by atoms with Gasteiger partial charge in [0.25, 0.3) is 0 Å². The molecule has 0 aromatic heterocycles. The zero-order valence-electron chi connectivity index (χ0n) is 9.91. The van der Waals surface area contributed by atoms with Gasteiger partial charge in [-0.2, -0.15) is 10.5 Å². The summed E-state index contributed by atoms with van der Waals surface area (Å²) in [5.41, 5.74) is 9.98. The van der Waals surface area contributed by atoms with E-state index in [9.17, 15) is 0 Å². The Balaban J connectivity index is 2.43. The highest BCUT2D eigenvalue weighted by molar-refractivity contribution is 5.82. The SMILES string of the molecule is N#CC(C#N)=C1Nc2ccccc2N1CCN=[N+]=[N-]. The van der Waals surface area contributed by atoms with Gasteiger partial charge in [-0.1, -0.05) is 17.2 Å². The molecule has 0 amide bonds. The summed E-state index contributed by atoms with van der Waals surface area (Å²) in [7, 11) is 0. The van der Waals surface area contributed by atoms with Crippen LogP contribution < -0.4 is 10.2 Å². The largest absolute Gasteiger partial charge is 0.338 e. The number of allylic oxidation sites excluding steroid dienone is 1. The first kappa shape index (κ1) is 12.3. The molecule has 1 N–H and O–H groups in total. The Morgan fingerprint density at radius 1 is 1.37 bits per heavy atom. The maximum atomic E-state index is 8.98. The van der Waals surface area contributed by atoms with Crippen molar-refractivity contribution in [1.82, 2.24) is 0 Å². The summed E-state index contributed by atoms with van der Waals surface area (Å²) >= 11 is 0. The summed E-state index contributed by atoms with van der Waals surface area (Å²) in [5.74, 6) is 0.430. The third-order valence-electron chi connectivity index (χ3n) is 2.67. The van der Waals surface area contributed by atoms with Crippen LogP contribution in [-0.4, -0.2) is 13.1 Å². The minimum absolute atomic E-state index is 0.00265. The Morgan fingerprint density at radius 3 is 2.79 bits per heavy atom. The van der Waals surface area contributed by atoms with Crippen molar-refractivity contribution >= 4 is 11.4 Å². The summed E-state index contributed by atoms with van der Waals surface area (Å²) in [6, 6.07) is 11.2. The molecule has 0 saturated carbocycles. The first-order chi connectivity index (χ1) is 9.31. The average molecular weight is 251 g/mol. The molecule has 1 heterocycles. The lowest BCUT2D eigenvalue weighted by Gasteiger charge is -2.18. The number of benzene rings is 1. The quantitative estimate of drug-likeness (QED) is 0.385. The number of nitrogens with zero attached hydrogens (tertiary/aromatic N) is 6. The molecule has 0 atom stereocenters. The van der Waals surface area contributed by atoms with Crippen molar-refractivity contribution < 1.29 is 0 Å². The Labute approximate surface area is 109 Å². The van der Waals surface area contributed by atoms with Crippen LogP contribution in [0, 0.1) is 22.7 Å². The van der Waals surface area contributed by atoms with Gasteiger partial charge in [-0.05, 0) is 17.7 Å². The molecule has 1 aromatic carbocycles. The molecule has 1 aliphatic rings. The predicted octanol–water partition coefficient (Wildman–Crippen LogP) is 2.49. The second-order valence-electron chi connectivity index (χ2n) is 3.70. The van der Waals surface area contributed by atoms with E-state index >= 15 is 0 Å². The van der Waals surface area contributed by atoms with Crippen LogP contribution in [-0.2, 0) is 0 Å². The monoisotopic (exact) mass is 251 g/mol.